The molecule has 13 heavy (non-hydrogen) atoms. The fourth-order valence-electron chi connectivity index (χ4n) is 1.50. The van der Waals surface area contributed by atoms with Crippen molar-refractivity contribution in [2.45, 2.75) is 32.7 Å². The number of hydrogen-bond donors (Lipinski definition) is 1. The highest BCUT2D eigenvalue weighted by molar-refractivity contribution is 6.30. The zero-order chi connectivity index (χ0) is 10.2. The molecule has 0 aliphatic heterocycles. The molecule has 0 fully saturated rings. The molecule has 0 spiro atoms. The second kappa shape index (κ2) is 3.31. The van der Waals surface area contributed by atoms with Gasteiger partial charge in [-0.15, -0.1) is 0 Å². The zero-order valence-corrected chi connectivity index (χ0v) is 9.31. The van der Waals surface area contributed by atoms with Crippen LogP contribution in [0.4, 0.5) is 0 Å². The van der Waals surface area contributed by atoms with Gasteiger partial charge in [0, 0.05) is 12.5 Å². The van der Waals surface area contributed by atoms with Gasteiger partial charge in [0.05, 0.1) is 12.2 Å². The number of hydrogen-bond acceptors (Lipinski definition) is 2. The molecule has 0 bridgehead atoms. The average molecular weight is 202 g/mol. The van der Waals surface area contributed by atoms with E-state index in [0.29, 0.717) is 11.7 Å². The molecule has 4 heteroatoms. The van der Waals surface area contributed by atoms with Crippen molar-refractivity contribution in [2.24, 2.45) is 12.8 Å². The van der Waals surface area contributed by atoms with Crippen molar-refractivity contribution in [3.63, 3.8) is 0 Å². The minimum Gasteiger partial charge on any atom is -0.332 e. The normalized spacial score (nSPS) is 12.2. The van der Waals surface area contributed by atoms with Gasteiger partial charge in [-0.3, -0.25) is 0 Å². The molecular weight excluding hydrogens is 186 g/mol. The van der Waals surface area contributed by atoms with E-state index in [-0.39, 0.29) is 5.41 Å². The summed E-state index contributed by atoms with van der Waals surface area (Å²) in [6.45, 7) is 6.74. The second-order valence-corrected chi connectivity index (χ2v) is 4.54. The first kappa shape index (κ1) is 10.5. The molecule has 0 aliphatic carbocycles. The van der Waals surface area contributed by atoms with Crippen molar-refractivity contribution < 1.29 is 0 Å². The van der Waals surface area contributed by atoms with E-state index in [4.69, 9.17) is 17.3 Å². The Balaban J connectivity index is 3.29. The summed E-state index contributed by atoms with van der Waals surface area (Å²) in [5.74, 6) is 0.829. The van der Waals surface area contributed by atoms with Gasteiger partial charge in [0.2, 0.25) is 0 Å². The summed E-state index contributed by atoms with van der Waals surface area (Å²) < 4.78 is 1.97. The standard InChI is InChI=1S/C9H16ClN3/c1-9(2,3)7-8(10)12-6(5-11)13(7)4/h5,11H2,1-4H3. The summed E-state index contributed by atoms with van der Waals surface area (Å²) in [6.07, 6.45) is 0. The molecular formula is C9H16ClN3. The van der Waals surface area contributed by atoms with Crippen LogP contribution in [0.5, 0.6) is 0 Å². The van der Waals surface area contributed by atoms with Gasteiger partial charge in [-0.1, -0.05) is 32.4 Å². The molecule has 0 saturated carbocycles. The van der Waals surface area contributed by atoms with Crippen LogP contribution in [0.3, 0.4) is 0 Å². The maximum Gasteiger partial charge on any atom is 0.151 e. The molecule has 74 valence electrons. The smallest absolute Gasteiger partial charge is 0.151 e. The Morgan fingerprint density at radius 1 is 1.46 bits per heavy atom. The van der Waals surface area contributed by atoms with Crippen molar-refractivity contribution >= 4 is 11.6 Å². The Morgan fingerprint density at radius 3 is 2.23 bits per heavy atom. The van der Waals surface area contributed by atoms with Crippen molar-refractivity contribution in [2.75, 3.05) is 0 Å². The number of aromatic nitrogens is 2. The monoisotopic (exact) mass is 201 g/mol. The van der Waals surface area contributed by atoms with Crippen molar-refractivity contribution in [1.82, 2.24) is 9.55 Å². The van der Waals surface area contributed by atoms with E-state index < -0.39 is 0 Å². The molecule has 0 unspecified atom stereocenters. The van der Waals surface area contributed by atoms with Crippen molar-refractivity contribution in [3.05, 3.63) is 16.7 Å². The fourth-order valence-corrected chi connectivity index (χ4v) is 2.01. The first-order valence-electron chi connectivity index (χ1n) is 4.29. The van der Waals surface area contributed by atoms with E-state index in [2.05, 4.69) is 25.8 Å². The van der Waals surface area contributed by atoms with Gasteiger partial charge in [-0.25, -0.2) is 4.98 Å². The van der Waals surface area contributed by atoms with Crippen LogP contribution < -0.4 is 5.73 Å². The van der Waals surface area contributed by atoms with E-state index in [1.54, 1.807) is 0 Å². The lowest BCUT2D eigenvalue weighted by Gasteiger charge is -2.19. The summed E-state index contributed by atoms with van der Waals surface area (Å²) in [4.78, 5) is 4.20. The molecule has 3 nitrogen and oxygen atoms in total. The largest absolute Gasteiger partial charge is 0.332 e. The molecule has 0 amide bonds. The molecule has 1 aromatic rings. The third kappa shape index (κ3) is 1.86. The average Bonchev–Trinajstić information content (AvgIpc) is 2.24. The molecule has 0 aliphatic rings. The van der Waals surface area contributed by atoms with Crippen LogP contribution in [0.1, 0.15) is 32.3 Å². The van der Waals surface area contributed by atoms with Crippen molar-refractivity contribution in [1.29, 1.82) is 0 Å². The third-order valence-corrected chi connectivity index (χ3v) is 2.30. The maximum absolute atomic E-state index is 6.03. The van der Waals surface area contributed by atoms with Crippen LogP contribution in [-0.2, 0) is 19.0 Å². The lowest BCUT2D eigenvalue weighted by Crippen LogP contribution is -2.18. The first-order chi connectivity index (χ1) is 5.88. The summed E-state index contributed by atoms with van der Waals surface area (Å²) in [5, 5.41) is 0.565. The minimum atomic E-state index is 0.00620. The highest BCUT2D eigenvalue weighted by Crippen LogP contribution is 2.29. The number of rotatable bonds is 1. The van der Waals surface area contributed by atoms with Crippen LogP contribution >= 0.6 is 11.6 Å². The van der Waals surface area contributed by atoms with Gasteiger partial charge in [0.15, 0.2) is 5.15 Å². The lowest BCUT2D eigenvalue weighted by atomic mass is 9.93. The van der Waals surface area contributed by atoms with Gasteiger partial charge >= 0.3 is 0 Å². The highest BCUT2D eigenvalue weighted by atomic mass is 35.5. The molecule has 0 aromatic carbocycles. The van der Waals surface area contributed by atoms with Gasteiger partial charge < -0.3 is 10.3 Å². The van der Waals surface area contributed by atoms with Crippen LogP contribution in [-0.4, -0.2) is 9.55 Å². The van der Waals surface area contributed by atoms with E-state index in [9.17, 15) is 0 Å². The van der Waals surface area contributed by atoms with Crippen molar-refractivity contribution in [3.8, 4) is 0 Å². The predicted octanol–water partition coefficient (Wildman–Crippen LogP) is 1.83. The molecule has 0 saturated heterocycles. The Kier molecular flexibility index (Phi) is 2.68. The molecule has 0 radical (unpaired) electrons. The van der Waals surface area contributed by atoms with Crippen LogP contribution in [0.25, 0.3) is 0 Å². The van der Waals surface area contributed by atoms with E-state index in [1.807, 2.05) is 11.6 Å². The first-order valence-corrected chi connectivity index (χ1v) is 4.67. The number of nitrogens with zero attached hydrogens (tertiary/aromatic N) is 2. The van der Waals surface area contributed by atoms with Crippen LogP contribution in [0.2, 0.25) is 5.15 Å². The summed E-state index contributed by atoms with van der Waals surface area (Å²) in [6, 6.07) is 0. The van der Waals surface area contributed by atoms with E-state index in [0.717, 1.165) is 11.5 Å². The molecule has 1 rings (SSSR count). The molecule has 1 aromatic heterocycles. The zero-order valence-electron chi connectivity index (χ0n) is 8.56. The Labute approximate surface area is 83.9 Å². The van der Waals surface area contributed by atoms with Gasteiger partial charge in [0.25, 0.3) is 0 Å². The minimum absolute atomic E-state index is 0.00620. The quantitative estimate of drug-likeness (QED) is 0.754. The Morgan fingerprint density at radius 2 is 2.00 bits per heavy atom. The third-order valence-electron chi connectivity index (χ3n) is 2.04. The summed E-state index contributed by atoms with van der Waals surface area (Å²) >= 11 is 6.03. The highest BCUT2D eigenvalue weighted by Gasteiger charge is 2.23. The molecule has 2 N–H and O–H groups in total. The summed E-state index contributed by atoms with van der Waals surface area (Å²) in [5.41, 5.74) is 6.58. The molecule has 0 atom stereocenters. The lowest BCUT2D eigenvalue weighted by molar-refractivity contribution is 0.537. The van der Waals surface area contributed by atoms with Crippen LogP contribution in [0, 0.1) is 0 Å². The second-order valence-electron chi connectivity index (χ2n) is 4.18. The van der Waals surface area contributed by atoms with Gasteiger partial charge in [-0.05, 0) is 0 Å². The summed E-state index contributed by atoms with van der Waals surface area (Å²) in [7, 11) is 1.95. The van der Waals surface area contributed by atoms with E-state index >= 15 is 0 Å². The van der Waals surface area contributed by atoms with Gasteiger partial charge in [0.1, 0.15) is 5.82 Å². The SMILES string of the molecule is Cn1c(CN)nc(Cl)c1C(C)(C)C. The number of nitrogens with two attached hydrogens (primary N) is 1. The topological polar surface area (TPSA) is 43.8 Å². The molecule has 1 heterocycles. The maximum atomic E-state index is 6.03. The van der Waals surface area contributed by atoms with E-state index in [1.165, 1.54) is 0 Å². The Bertz CT molecular complexity index is 309. The predicted molar refractivity (Wildman–Crippen MR) is 54.8 cm³/mol. The Hall–Kier alpha value is -0.540. The number of imidazole rings is 1. The van der Waals surface area contributed by atoms with Crippen LogP contribution in [0.15, 0.2) is 0 Å². The number of halogens is 1. The van der Waals surface area contributed by atoms with Gasteiger partial charge in [-0.2, -0.15) is 0 Å². The fraction of sp³-hybridized carbons (Fsp3) is 0.667.